The minimum absolute atomic E-state index is 0.0938. The maximum Gasteiger partial charge on any atom is 0.312 e. The molecule has 2 atom stereocenters. The number of nitrogens with zero attached hydrogens (tertiary/aromatic N) is 4. The molecular weight excluding hydrogens is 452 g/mol. The van der Waals surface area contributed by atoms with E-state index in [1.807, 2.05) is 10.7 Å². The largest absolute Gasteiger partial charge is 0.352 e. The summed E-state index contributed by atoms with van der Waals surface area (Å²) in [6.07, 6.45) is 13.2. The summed E-state index contributed by atoms with van der Waals surface area (Å²) >= 11 is 0. The molecule has 3 heterocycles. The SMILES string of the molecule is CCCCCCCCc1cccc(Nc2ncnn3ccc(CN4CC[C@@H](N)[C@H](NC(N)=O)C4)c23)c1. The van der Waals surface area contributed by atoms with E-state index in [1.165, 1.54) is 44.1 Å². The average Bonchev–Trinajstić information content (AvgIpc) is 3.27. The average molecular weight is 493 g/mol. The molecule has 9 nitrogen and oxygen atoms in total. The number of amides is 2. The van der Waals surface area contributed by atoms with Gasteiger partial charge in [-0.05, 0) is 48.6 Å². The summed E-state index contributed by atoms with van der Waals surface area (Å²) < 4.78 is 1.86. The van der Waals surface area contributed by atoms with Crippen LogP contribution in [0.4, 0.5) is 16.3 Å². The van der Waals surface area contributed by atoms with Crippen LogP contribution >= 0.6 is 0 Å². The fourth-order valence-electron chi connectivity index (χ4n) is 5.05. The molecule has 3 aromatic rings. The third-order valence-electron chi connectivity index (χ3n) is 7.02. The van der Waals surface area contributed by atoms with Gasteiger partial charge in [0.05, 0.1) is 6.04 Å². The van der Waals surface area contributed by atoms with E-state index in [0.717, 1.165) is 42.0 Å². The van der Waals surface area contributed by atoms with Gasteiger partial charge in [0, 0.05) is 37.6 Å². The van der Waals surface area contributed by atoms with Crippen molar-refractivity contribution in [1.29, 1.82) is 0 Å². The second kappa shape index (κ2) is 12.7. The minimum atomic E-state index is -0.537. The first-order valence-corrected chi connectivity index (χ1v) is 13.2. The highest BCUT2D eigenvalue weighted by molar-refractivity contribution is 5.76. The van der Waals surface area contributed by atoms with Crippen LogP contribution < -0.4 is 22.1 Å². The molecule has 1 aliphatic rings. The van der Waals surface area contributed by atoms with Crippen LogP contribution in [0.5, 0.6) is 0 Å². The lowest BCUT2D eigenvalue weighted by molar-refractivity contribution is 0.167. The fraction of sp³-hybridized carbons (Fsp3) is 0.519. The molecule has 36 heavy (non-hydrogen) atoms. The summed E-state index contributed by atoms with van der Waals surface area (Å²) in [6, 6.07) is 9.90. The first-order chi connectivity index (χ1) is 17.5. The topological polar surface area (TPSA) is 127 Å². The molecule has 1 aromatic carbocycles. The molecule has 194 valence electrons. The number of aromatic nitrogens is 3. The number of primary amides is 1. The van der Waals surface area contributed by atoms with Crippen molar-refractivity contribution in [2.24, 2.45) is 11.5 Å². The first kappa shape index (κ1) is 25.9. The van der Waals surface area contributed by atoms with E-state index >= 15 is 0 Å². The number of aryl methyl sites for hydroxylation is 1. The van der Waals surface area contributed by atoms with Crippen molar-refractivity contribution in [3.05, 3.63) is 54.0 Å². The van der Waals surface area contributed by atoms with Crippen molar-refractivity contribution in [3.8, 4) is 0 Å². The van der Waals surface area contributed by atoms with Gasteiger partial charge < -0.3 is 22.1 Å². The molecule has 1 aliphatic heterocycles. The van der Waals surface area contributed by atoms with Gasteiger partial charge in [-0.25, -0.2) is 14.3 Å². The summed E-state index contributed by atoms with van der Waals surface area (Å²) in [5.74, 6) is 0.780. The van der Waals surface area contributed by atoms with E-state index in [-0.39, 0.29) is 12.1 Å². The zero-order valence-electron chi connectivity index (χ0n) is 21.3. The quantitative estimate of drug-likeness (QED) is 0.284. The number of hydrogen-bond acceptors (Lipinski definition) is 6. The van der Waals surface area contributed by atoms with Crippen LogP contribution in [0.3, 0.4) is 0 Å². The standard InChI is InChI=1S/C27H40N8O/c1-2-3-4-5-6-7-9-20-10-8-11-22(16-20)32-26-25-21(12-15-35(25)31-19-30-26)17-34-14-13-23(28)24(18-34)33-27(29)36/h8,10-12,15-16,19,23-24H,2-7,9,13-14,17-18,28H2,1H3,(H3,29,33,36)(H,30,31,32)/t23-,24-/m1/s1. The third-order valence-corrected chi connectivity index (χ3v) is 7.02. The number of likely N-dealkylation sites (tertiary alicyclic amines) is 1. The van der Waals surface area contributed by atoms with Gasteiger partial charge in [0.25, 0.3) is 0 Å². The predicted octanol–water partition coefficient (Wildman–Crippen LogP) is 3.95. The van der Waals surface area contributed by atoms with E-state index in [1.54, 1.807) is 6.33 Å². The predicted molar refractivity (Wildman–Crippen MR) is 144 cm³/mol. The lowest BCUT2D eigenvalue weighted by atomic mass is 10.00. The molecule has 0 saturated carbocycles. The molecule has 0 spiro atoms. The molecular formula is C27H40N8O. The summed E-state index contributed by atoms with van der Waals surface area (Å²) in [4.78, 5) is 18.2. The second-order valence-electron chi connectivity index (χ2n) is 9.89. The lowest BCUT2D eigenvalue weighted by Gasteiger charge is -2.36. The molecule has 0 aliphatic carbocycles. The van der Waals surface area contributed by atoms with Crippen LogP contribution in [0.2, 0.25) is 0 Å². The Morgan fingerprint density at radius 1 is 1.17 bits per heavy atom. The van der Waals surface area contributed by atoms with E-state index in [4.69, 9.17) is 11.5 Å². The van der Waals surface area contributed by atoms with Gasteiger partial charge in [-0.2, -0.15) is 5.10 Å². The van der Waals surface area contributed by atoms with Gasteiger partial charge in [0.15, 0.2) is 5.82 Å². The van der Waals surface area contributed by atoms with Crippen molar-refractivity contribution in [2.75, 3.05) is 18.4 Å². The minimum Gasteiger partial charge on any atom is -0.352 e. The van der Waals surface area contributed by atoms with Gasteiger partial charge in [-0.1, -0.05) is 51.2 Å². The van der Waals surface area contributed by atoms with E-state index in [2.05, 4.69) is 62.9 Å². The van der Waals surface area contributed by atoms with Crippen molar-refractivity contribution in [1.82, 2.24) is 24.8 Å². The number of benzene rings is 1. The van der Waals surface area contributed by atoms with Gasteiger partial charge in [0.2, 0.25) is 0 Å². The normalized spacial score (nSPS) is 18.4. The van der Waals surface area contributed by atoms with Crippen molar-refractivity contribution in [2.45, 2.75) is 76.9 Å². The van der Waals surface area contributed by atoms with E-state index in [0.29, 0.717) is 13.1 Å². The number of nitrogens with one attached hydrogen (secondary N) is 2. The second-order valence-corrected chi connectivity index (χ2v) is 9.89. The maximum absolute atomic E-state index is 11.4. The molecule has 6 N–H and O–H groups in total. The molecule has 2 amide bonds. The molecule has 0 bridgehead atoms. The van der Waals surface area contributed by atoms with Crippen molar-refractivity contribution in [3.63, 3.8) is 0 Å². The highest BCUT2D eigenvalue weighted by Gasteiger charge is 2.28. The number of carbonyl (C=O) groups is 1. The molecule has 1 saturated heterocycles. The van der Waals surface area contributed by atoms with E-state index < -0.39 is 6.03 Å². The Kier molecular flexibility index (Phi) is 9.13. The summed E-state index contributed by atoms with van der Waals surface area (Å²) in [5.41, 5.74) is 16.0. The lowest BCUT2D eigenvalue weighted by Crippen LogP contribution is -2.58. The highest BCUT2D eigenvalue weighted by atomic mass is 16.2. The highest BCUT2D eigenvalue weighted by Crippen LogP contribution is 2.26. The van der Waals surface area contributed by atoms with Crippen molar-refractivity contribution >= 4 is 23.1 Å². The Morgan fingerprint density at radius 2 is 2.00 bits per heavy atom. The number of piperidine rings is 1. The Bertz CT molecular complexity index is 1130. The van der Waals surface area contributed by atoms with Crippen LogP contribution in [0.15, 0.2) is 42.9 Å². The monoisotopic (exact) mass is 492 g/mol. The fourth-order valence-corrected chi connectivity index (χ4v) is 5.05. The number of carbonyl (C=O) groups excluding carboxylic acids is 1. The number of rotatable bonds is 12. The molecule has 4 rings (SSSR count). The van der Waals surface area contributed by atoms with Gasteiger partial charge in [0.1, 0.15) is 11.8 Å². The third kappa shape index (κ3) is 6.95. The molecule has 0 radical (unpaired) electrons. The van der Waals surface area contributed by atoms with Crippen LogP contribution in [0.25, 0.3) is 5.52 Å². The van der Waals surface area contributed by atoms with Gasteiger partial charge in [-0.3, -0.25) is 4.90 Å². The van der Waals surface area contributed by atoms with Crippen molar-refractivity contribution < 1.29 is 4.79 Å². The van der Waals surface area contributed by atoms with Crippen LogP contribution in [0.1, 0.15) is 63.0 Å². The zero-order chi connectivity index (χ0) is 25.3. The number of nitrogens with two attached hydrogens (primary N) is 2. The van der Waals surface area contributed by atoms with Crippen LogP contribution in [-0.2, 0) is 13.0 Å². The Hall–Kier alpha value is -3.17. The molecule has 2 aromatic heterocycles. The molecule has 9 heteroatoms. The number of fused-ring (bicyclic) bond motifs is 1. The maximum atomic E-state index is 11.4. The molecule has 0 unspecified atom stereocenters. The zero-order valence-corrected chi connectivity index (χ0v) is 21.3. The molecule has 1 fully saturated rings. The number of unbranched alkanes of at least 4 members (excludes halogenated alkanes) is 5. The van der Waals surface area contributed by atoms with Crippen LogP contribution in [-0.4, -0.2) is 50.7 Å². The smallest absolute Gasteiger partial charge is 0.312 e. The first-order valence-electron chi connectivity index (χ1n) is 13.2. The Labute approximate surface area is 213 Å². The van der Waals surface area contributed by atoms with Crippen LogP contribution in [0, 0.1) is 0 Å². The Balaban J connectivity index is 1.43. The number of hydrogen-bond donors (Lipinski definition) is 4. The summed E-state index contributed by atoms with van der Waals surface area (Å²) in [5, 5.41) is 10.7. The van der Waals surface area contributed by atoms with E-state index in [9.17, 15) is 4.79 Å². The van der Waals surface area contributed by atoms with Gasteiger partial charge in [-0.15, -0.1) is 0 Å². The summed E-state index contributed by atoms with van der Waals surface area (Å²) in [7, 11) is 0. The van der Waals surface area contributed by atoms with Gasteiger partial charge >= 0.3 is 6.03 Å². The number of anilines is 2. The number of urea groups is 1. The Morgan fingerprint density at radius 3 is 2.83 bits per heavy atom. The summed E-state index contributed by atoms with van der Waals surface area (Å²) in [6.45, 7) is 4.47.